The molecule has 4 rings (SSSR count). The Bertz CT molecular complexity index is 1700. The fourth-order valence-corrected chi connectivity index (χ4v) is 4.39. The third-order valence-electron chi connectivity index (χ3n) is 6.35. The molecule has 0 aliphatic carbocycles. The van der Waals surface area contributed by atoms with E-state index in [1.807, 2.05) is 19.9 Å². The second kappa shape index (κ2) is 12.7. The largest absolute Gasteiger partial charge is 0.490 e. The molecule has 11 nitrogen and oxygen atoms in total. The number of halogens is 1. The maximum atomic E-state index is 13.4. The Kier molecular flexibility index (Phi) is 9.13. The van der Waals surface area contributed by atoms with Crippen LogP contribution in [0.1, 0.15) is 60.4 Å². The van der Waals surface area contributed by atoms with E-state index in [0.717, 1.165) is 10.9 Å². The van der Waals surface area contributed by atoms with Gasteiger partial charge in [-0.15, -0.1) is 0 Å². The van der Waals surface area contributed by atoms with E-state index in [1.165, 1.54) is 29.1 Å². The Morgan fingerprint density at radius 3 is 2.54 bits per heavy atom. The van der Waals surface area contributed by atoms with E-state index in [4.69, 9.17) is 14.6 Å². The molecule has 1 atom stereocenters. The molecule has 0 aliphatic heterocycles. The van der Waals surface area contributed by atoms with Crippen LogP contribution in [0.2, 0.25) is 0 Å². The van der Waals surface area contributed by atoms with Crippen LogP contribution in [0.5, 0.6) is 11.5 Å². The number of aromatic carboxylic acids is 1. The van der Waals surface area contributed by atoms with Crippen molar-refractivity contribution < 1.29 is 24.3 Å². The van der Waals surface area contributed by atoms with Crippen LogP contribution >= 0.6 is 15.9 Å². The van der Waals surface area contributed by atoms with Crippen LogP contribution < -0.4 is 15.0 Å². The van der Waals surface area contributed by atoms with Gasteiger partial charge in [0.1, 0.15) is 12.4 Å². The summed E-state index contributed by atoms with van der Waals surface area (Å²) in [5, 5.41) is 25.9. The lowest BCUT2D eigenvalue weighted by molar-refractivity contribution is -0.386. The summed E-state index contributed by atoms with van der Waals surface area (Å²) in [4.78, 5) is 40.7. The highest BCUT2D eigenvalue weighted by Gasteiger charge is 2.23. The van der Waals surface area contributed by atoms with Crippen molar-refractivity contribution in [1.82, 2.24) is 9.66 Å². The Morgan fingerprint density at radius 1 is 1.17 bits per heavy atom. The van der Waals surface area contributed by atoms with E-state index in [-0.39, 0.29) is 47.4 Å². The maximum absolute atomic E-state index is 13.4. The molecule has 0 spiro atoms. The van der Waals surface area contributed by atoms with Crippen molar-refractivity contribution in [3.63, 3.8) is 0 Å². The summed E-state index contributed by atoms with van der Waals surface area (Å²) in [7, 11) is 0. The van der Waals surface area contributed by atoms with Gasteiger partial charge in [-0.2, -0.15) is 9.78 Å². The van der Waals surface area contributed by atoms with Gasteiger partial charge >= 0.3 is 11.7 Å². The number of ether oxygens (including phenoxy) is 2. The van der Waals surface area contributed by atoms with Crippen molar-refractivity contribution in [2.24, 2.45) is 5.10 Å². The average molecular weight is 623 g/mol. The highest BCUT2D eigenvalue weighted by molar-refractivity contribution is 9.10. The summed E-state index contributed by atoms with van der Waals surface area (Å²) in [6.45, 7) is 5.81. The van der Waals surface area contributed by atoms with Crippen LogP contribution in [-0.4, -0.2) is 38.5 Å². The van der Waals surface area contributed by atoms with Crippen molar-refractivity contribution in [1.29, 1.82) is 0 Å². The lowest BCUT2D eigenvalue weighted by Crippen LogP contribution is -2.23. The molecule has 212 valence electrons. The standard InChI is InChI=1S/C29H27BrN4O7/c1-4-17(3)27-32-23-11-10-21(30)14-22(23)28(35)33(27)31-15-19-12-24(34(38)39)26(25(13-19)40-5-2)41-16-18-6-8-20(9-7-18)29(36)37/h6-15,17H,4-5,16H2,1-3H3,(H,36,37)/t17-/m0/s1. The topological polar surface area (TPSA) is 146 Å². The average Bonchev–Trinajstić information content (AvgIpc) is 2.95. The normalized spacial score (nSPS) is 12.0. The van der Waals surface area contributed by atoms with Gasteiger partial charge in [-0.25, -0.2) is 9.78 Å². The van der Waals surface area contributed by atoms with Crippen LogP contribution in [0.4, 0.5) is 5.69 Å². The molecular formula is C29H27BrN4O7. The van der Waals surface area contributed by atoms with Crippen LogP contribution in [0, 0.1) is 10.1 Å². The number of hydrogen-bond donors (Lipinski definition) is 1. The summed E-state index contributed by atoms with van der Waals surface area (Å²) in [5.74, 6) is -0.625. The van der Waals surface area contributed by atoms with Gasteiger partial charge in [-0.1, -0.05) is 41.9 Å². The first kappa shape index (κ1) is 29.4. The number of fused-ring (bicyclic) bond motifs is 1. The molecule has 1 heterocycles. The molecule has 1 N–H and O–H groups in total. The number of hydrogen-bond acceptors (Lipinski definition) is 8. The Labute approximate surface area is 243 Å². The summed E-state index contributed by atoms with van der Waals surface area (Å²) in [5.41, 5.74) is 0.877. The zero-order valence-corrected chi connectivity index (χ0v) is 24.1. The number of carboxylic acid groups (broad SMARTS) is 1. The van der Waals surface area contributed by atoms with Crippen LogP contribution in [0.25, 0.3) is 10.9 Å². The second-order valence-electron chi connectivity index (χ2n) is 9.15. The van der Waals surface area contributed by atoms with Gasteiger partial charge in [0.2, 0.25) is 5.75 Å². The first-order valence-corrected chi connectivity index (χ1v) is 13.6. The molecule has 12 heteroatoms. The maximum Gasteiger partial charge on any atom is 0.335 e. The molecule has 41 heavy (non-hydrogen) atoms. The molecule has 0 unspecified atom stereocenters. The highest BCUT2D eigenvalue weighted by Crippen LogP contribution is 2.39. The molecule has 3 aromatic carbocycles. The minimum atomic E-state index is -1.06. The van der Waals surface area contributed by atoms with E-state index >= 15 is 0 Å². The number of aromatic nitrogens is 2. The Morgan fingerprint density at radius 2 is 1.90 bits per heavy atom. The van der Waals surface area contributed by atoms with Crippen molar-refractivity contribution >= 4 is 44.7 Å². The van der Waals surface area contributed by atoms with Crippen molar-refractivity contribution in [2.75, 3.05) is 6.61 Å². The minimum absolute atomic E-state index is 0.0553. The predicted molar refractivity (Wildman–Crippen MR) is 157 cm³/mol. The SMILES string of the molecule is CCOc1cc(C=Nn2c([C@@H](C)CC)nc3ccc(Br)cc3c2=O)cc([N+](=O)[O-])c1OCc1ccc(C(=O)O)cc1. The molecule has 1 aromatic heterocycles. The smallest absolute Gasteiger partial charge is 0.335 e. The number of rotatable bonds is 11. The zero-order chi connectivity index (χ0) is 29.7. The fraction of sp³-hybridized carbons (Fsp3) is 0.241. The highest BCUT2D eigenvalue weighted by atomic mass is 79.9. The first-order chi connectivity index (χ1) is 19.6. The quantitative estimate of drug-likeness (QED) is 0.119. The minimum Gasteiger partial charge on any atom is -0.490 e. The molecule has 0 bridgehead atoms. The molecule has 0 aliphatic rings. The molecule has 4 aromatic rings. The van der Waals surface area contributed by atoms with Gasteiger partial charge in [-0.3, -0.25) is 14.9 Å². The molecular weight excluding hydrogens is 596 g/mol. The number of nitro benzene ring substituents is 1. The zero-order valence-electron chi connectivity index (χ0n) is 22.5. The molecule has 0 amide bonds. The number of carbonyl (C=O) groups is 1. The van der Waals surface area contributed by atoms with Gasteiger partial charge in [0.25, 0.3) is 5.56 Å². The van der Waals surface area contributed by atoms with Gasteiger partial charge in [0.15, 0.2) is 5.75 Å². The third kappa shape index (κ3) is 6.60. The molecule has 0 saturated heterocycles. The summed E-state index contributed by atoms with van der Waals surface area (Å²) in [6.07, 6.45) is 2.07. The van der Waals surface area contributed by atoms with Crippen LogP contribution in [0.15, 0.2) is 69.0 Å². The van der Waals surface area contributed by atoms with Gasteiger partial charge in [0, 0.05) is 22.0 Å². The van der Waals surface area contributed by atoms with Gasteiger partial charge in [-0.05, 0) is 55.3 Å². The lowest BCUT2D eigenvalue weighted by atomic mass is 10.1. The molecule has 0 fully saturated rings. The van der Waals surface area contributed by atoms with E-state index in [1.54, 1.807) is 37.3 Å². The first-order valence-electron chi connectivity index (χ1n) is 12.8. The van der Waals surface area contributed by atoms with E-state index in [0.29, 0.717) is 27.9 Å². The van der Waals surface area contributed by atoms with Crippen molar-refractivity contribution in [3.8, 4) is 11.5 Å². The second-order valence-corrected chi connectivity index (χ2v) is 10.1. The van der Waals surface area contributed by atoms with Gasteiger partial charge in [0.05, 0.1) is 34.2 Å². The van der Waals surface area contributed by atoms with E-state index < -0.39 is 10.9 Å². The number of carboxylic acids is 1. The number of nitro groups is 1. The Balaban J connectivity index is 1.75. The molecule has 0 radical (unpaired) electrons. The van der Waals surface area contributed by atoms with Crippen molar-refractivity contribution in [2.45, 2.75) is 39.7 Å². The van der Waals surface area contributed by atoms with E-state index in [2.05, 4.69) is 26.0 Å². The van der Waals surface area contributed by atoms with Crippen molar-refractivity contribution in [3.05, 3.63) is 102 Å². The van der Waals surface area contributed by atoms with Crippen LogP contribution in [-0.2, 0) is 6.61 Å². The monoisotopic (exact) mass is 622 g/mol. The van der Waals surface area contributed by atoms with Crippen LogP contribution in [0.3, 0.4) is 0 Å². The van der Waals surface area contributed by atoms with Gasteiger partial charge < -0.3 is 14.6 Å². The number of benzene rings is 3. The summed E-state index contributed by atoms with van der Waals surface area (Å²) < 4.78 is 13.4. The number of nitrogens with zero attached hydrogens (tertiary/aromatic N) is 4. The summed E-state index contributed by atoms with van der Waals surface area (Å²) >= 11 is 3.39. The third-order valence-corrected chi connectivity index (χ3v) is 6.84. The van der Waals surface area contributed by atoms with E-state index in [9.17, 15) is 19.7 Å². The Hall–Kier alpha value is -4.58. The predicted octanol–water partition coefficient (Wildman–Crippen LogP) is 6.14. The fourth-order valence-electron chi connectivity index (χ4n) is 4.03. The summed E-state index contributed by atoms with van der Waals surface area (Å²) in [6, 6.07) is 14.1. The molecule has 0 saturated carbocycles. The lowest BCUT2D eigenvalue weighted by Gasteiger charge is -2.15.